The Kier molecular flexibility index (Phi) is 5.18. The number of benzene rings is 1. The van der Waals surface area contributed by atoms with Crippen molar-refractivity contribution in [1.82, 2.24) is 19.6 Å². The SMILES string of the molecule is Nc1ncnn2cc(C=O)c(-c3ccc(NC(=O)Nc4cccc(C(F)(F)F)n4)cc3)c12. The lowest BCUT2D eigenvalue weighted by Crippen LogP contribution is -2.21. The van der Waals surface area contributed by atoms with Gasteiger partial charge in [0, 0.05) is 23.0 Å². The number of alkyl halides is 3. The van der Waals surface area contributed by atoms with Gasteiger partial charge >= 0.3 is 12.2 Å². The number of nitrogens with one attached hydrogen (secondary N) is 2. The van der Waals surface area contributed by atoms with Crippen LogP contribution in [0.4, 0.5) is 35.3 Å². The molecule has 4 N–H and O–H groups in total. The highest BCUT2D eigenvalue weighted by atomic mass is 19.4. The fraction of sp³-hybridized carbons (Fsp3) is 0.0500. The number of aromatic nitrogens is 4. The van der Waals surface area contributed by atoms with E-state index < -0.39 is 17.9 Å². The summed E-state index contributed by atoms with van der Waals surface area (Å²) in [5, 5.41) is 8.79. The molecule has 0 aliphatic heterocycles. The van der Waals surface area contributed by atoms with Gasteiger partial charge in [0.1, 0.15) is 23.4 Å². The van der Waals surface area contributed by atoms with Crippen LogP contribution in [0.5, 0.6) is 0 Å². The van der Waals surface area contributed by atoms with Crippen molar-refractivity contribution in [2.75, 3.05) is 16.4 Å². The van der Waals surface area contributed by atoms with Gasteiger partial charge < -0.3 is 11.1 Å². The van der Waals surface area contributed by atoms with Crippen molar-refractivity contribution in [2.45, 2.75) is 6.18 Å². The number of pyridine rings is 1. The molecule has 0 aliphatic rings. The maximum atomic E-state index is 12.8. The number of nitrogen functional groups attached to an aromatic ring is 1. The summed E-state index contributed by atoms with van der Waals surface area (Å²) in [6.07, 6.45) is -1.16. The van der Waals surface area contributed by atoms with Gasteiger partial charge in [-0.2, -0.15) is 18.3 Å². The molecule has 3 aromatic heterocycles. The topological polar surface area (TPSA) is 127 Å². The number of carbonyl (C=O) groups excluding carboxylic acids is 2. The van der Waals surface area contributed by atoms with Crippen molar-refractivity contribution in [1.29, 1.82) is 0 Å². The van der Waals surface area contributed by atoms with Crippen LogP contribution in [0, 0.1) is 0 Å². The minimum Gasteiger partial charge on any atom is -0.382 e. The molecule has 0 saturated heterocycles. The molecule has 0 saturated carbocycles. The summed E-state index contributed by atoms with van der Waals surface area (Å²) in [5.74, 6) is -0.0569. The van der Waals surface area contributed by atoms with E-state index in [1.807, 2.05) is 0 Å². The first-order chi connectivity index (χ1) is 15.3. The predicted octanol–water partition coefficient (Wildman–Crippen LogP) is 3.85. The zero-order valence-corrected chi connectivity index (χ0v) is 16.1. The van der Waals surface area contributed by atoms with Crippen LogP contribution in [0.3, 0.4) is 0 Å². The molecule has 162 valence electrons. The number of carbonyl (C=O) groups is 2. The first-order valence-corrected chi connectivity index (χ1v) is 9.06. The van der Waals surface area contributed by atoms with Gasteiger partial charge in [-0.15, -0.1) is 0 Å². The minimum atomic E-state index is -4.62. The number of hydrogen-bond donors (Lipinski definition) is 3. The van der Waals surface area contributed by atoms with Gasteiger partial charge in [0.15, 0.2) is 12.1 Å². The van der Waals surface area contributed by atoms with E-state index in [0.717, 1.165) is 12.1 Å². The molecule has 2 amide bonds. The van der Waals surface area contributed by atoms with Crippen LogP contribution in [0.25, 0.3) is 16.6 Å². The van der Waals surface area contributed by atoms with E-state index in [4.69, 9.17) is 5.73 Å². The number of aldehydes is 1. The van der Waals surface area contributed by atoms with Crippen molar-refractivity contribution >= 4 is 35.2 Å². The molecule has 3 heterocycles. The van der Waals surface area contributed by atoms with Gasteiger partial charge in [0.25, 0.3) is 0 Å². The van der Waals surface area contributed by atoms with Crippen molar-refractivity contribution < 1.29 is 22.8 Å². The quantitative estimate of drug-likeness (QED) is 0.413. The standard InChI is InChI=1S/C20H14F3N7O2/c21-20(22,23)14-2-1-3-15(28-14)29-19(32)27-13-6-4-11(5-7-13)16-12(9-31)8-30-17(16)18(24)25-10-26-30/h1-10H,(H2,24,25,26)(H2,27,28,29,32). The highest BCUT2D eigenvalue weighted by molar-refractivity contribution is 6.01. The second kappa shape index (κ2) is 7.98. The summed E-state index contributed by atoms with van der Waals surface area (Å²) >= 11 is 0. The van der Waals surface area contributed by atoms with Gasteiger partial charge in [-0.1, -0.05) is 18.2 Å². The number of urea groups is 1. The third kappa shape index (κ3) is 4.05. The summed E-state index contributed by atoms with van der Waals surface area (Å²) in [4.78, 5) is 31.0. The Bertz CT molecular complexity index is 1320. The van der Waals surface area contributed by atoms with Crippen LogP contribution in [-0.2, 0) is 6.18 Å². The van der Waals surface area contributed by atoms with Gasteiger partial charge in [0.05, 0.1) is 0 Å². The molecule has 1 aromatic carbocycles. The van der Waals surface area contributed by atoms with E-state index in [1.165, 1.54) is 23.1 Å². The molecule has 0 aliphatic carbocycles. The van der Waals surface area contributed by atoms with Crippen molar-refractivity contribution in [3.05, 3.63) is 66.2 Å². The van der Waals surface area contributed by atoms with Crippen LogP contribution in [0.1, 0.15) is 16.1 Å². The van der Waals surface area contributed by atoms with E-state index in [1.54, 1.807) is 24.3 Å². The molecule has 4 rings (SSSR count). The molecule has 0 bridgehead atoms. The zero-order valence-electron chi connectivity index (χ0n) is 16.1. The highest BCUT2D eigenvalue weighted by Gasteiger charge is 2.32. The van der Waals surface area contributed by atoms with E-state index in [-0.39, 0.29) is 11.6 Å². The van der Waals surface area contributed by atoms with Gasteiger partial charge in [-0.25, -0.2) is 19.3 Å². The third-order valence-corrected chi connectivity index (χ3v) is 4.47. The largest absolute Gasteiger partial charge is 0.433 e. The highest BCUT2D eigenvalue weighted by Crippen LogP contribution is 2.32. The van der Waals surface area contributed by atoms with Crippen molar-refractivity contribution in [3.63, 3.8) is 0 Å². The number of halogens is 3. The molecule has 4 aromatic rings. The molecule has 0 unspecified atom stereocenters. The number of rotatable bonds is 4. The van der Waals surface area contributed by atoms with E-state index in [2.05, 4.69) is 25.7 Å². The smallest absolute Gasteiger partial charge is 0.382 e. The lowest BCUT2D eigenvalue weighted by molar-refractivity contribution is -0.141. The Morgan fingerprint density at radius 3 is 2.53 bits per heavy atom. The lowest BCUT2D eigenvalue weighted by atomic mass is 10.0. The Morgan fingerprint density at radius 2 is 1.84 bits per heavy atom. The fourth-order valence-electron chi connectivity index (χ4n) is 3.11. The Morgan fingerprint density at radius 1 is 1.09 bits per heavy atom. The summed E-state index contributed by atoms with van der Waals surface area (Å²) < 4.78 is 39.7. The Hall–Kier alpha value is -4.48. The third-order valence-electron chi connectivity index (χ3n) is 4.47. The van der Waals surface area contributed by atoms with Gasteiger partial charge in [-0.3, -0.25) is 10.1 Å². The van der Waals surface area contributed by atoms with Gasteiger partial charge in [0.2, 0.25) is 0 Å². The van der Waals surface area contributed by atoms with E-state index in [9.17, 15) is 22.8 Å². The van der Waals surface area contributed by atoms with Gasteiger partial charge in [-0.05, 0) is 29.8 Å². The number of nitrogens with zero attached hydrogens (tertiary/aromatic N) is 4. The number of hydrogen-bond acceptors (Lipinski definition) is 6. The number of amides is 2. The Balaban J connectivity index is 1.54. The molecular formula is C20H14F3N7O2. The summed E-state index contributed by atoms with van der Waals surface area (Å²) in [6.45, 7) is 0. The van der Waals surface area contributed by atoms with Crippen LogP contribution < -0.4 is 16.4 Å². The minimum absolute atomic E-state index is 0.193. The molecule has 12 heteroatoms. The Labute approximate surface area is 178 Å². The first kappa shape index (κ1) is 20.8. The van der Waals surface area contributed by atoms with Crippen LogP contribution >= 0.6 is 0 Å². The summed E-state index contributed by atoms with van der Waals surface area (Å²) in [7, 11) is 0. The van der Waals surface area contributed by atoms with Crippen LogP contribution in [0.2, 0.25) is 0 Å². The lowest BCUT2D eigenvalue weighted by Gasteiger charge is -2.10. The molecule has 0 spiro atoms. The summed E-state index contributed by atoms with van der Waals surface area (Å²) in [6, 6.07) is 8.83. The normalized spacial score (nSPS) is 11.3. The predicted molar refractivity (Wildman–Crippen MR) is 110 cm³/mol. The molecule has 9 nitrogen and oxygen atoms in total. The molecular weight excluding hydrogens is 427 g/mol. The van der Waals surface area contributed by atoms with Crippen LogP contribution in [0.15, 0.2) is 55.0 Å². The second-order valence-electron chi connectivity index (χ2n) is 6.58. The fourth-order valence-corrected chi connectivity index (χ4v) is 3.11. The second-order valence-corrected chi connectivity index (χ2v) is 6.58. The van der Waals surface area contributed by atoms with E-state index >= 15 is 0 Å². The maximum Gasteiger partial charge on any atom is 0.433 e. The molecule has 0 radical (unpaired) electrons. The first-order valence-electron chi connectivity index (χ1n) is 9.06. The van der Waals surface area contributed by atoms with Crippen molar-refractivity contribution in [3.8, 4) is 11.1 Å². The monoisotopic (exact) mass is 441 g/mol. The number of nitrogens with two attached hydrogens (primary N) is 1. The zero-order chi connectivity index (χ0) is 22.9. The maximum absolute atomic E-state index is 12.8. The van der Waals surface area contributed by atoms with Crippen molar-refractivity contribution in [2.24, 2.45) is 0 Å². The number of anilines is 3. The average molecular weight is 441 g/mol. The molecule has 0 fully saturated rings. The number of fused-ring (bicyclic) bond motifs is 1. The van der Waals surface area contributed by atoms with Crippen LogP contribution in [-0.4, -0.2) is 31.9 Å². The molecule has 0 atom stereocenters. The van der Waals surface area contributed by atoms with E-state index in [0.29, 0.717) is 34.2 Å². The summed E-state index contributed by atoms with van der Waals surface area (Å²) in [5.41, 5.74) is 7.15. The average Bonchev–Trinajstić information content (AvgIpc) is 3.14. The molecule has 32 heavy (non-hydrogen) atoms.